The average Bonchev–Trinajstić information content (AvgIpc) is 3.72. The summed E-state index contributed by atoms with van der Waals surface area (Å²) in [6.45, 7) is 4.57. The van der Waals surface area contributed by atoms with Crippen molar-refractivity contribution >= 4 is 43.4 Å². The number of nitrogens with zero attached hydrogens (tertiary/aromatic N) is 4. The van der Waals surface area contributed by atoms with Crippen molar-refractivity contribution in [2.24, 2.45) is 0 Å². The largest absolute Gasteiger partial charge is 0.456 e. The van der Waals surface area contributed by atoms with Gasteiger partial charge >= 0.3 is 5.66 Å². The molecule has 6 aromatic carbocycles. The van der Waals surface area contributed by atoms with Crippen molar-refractivity contribution in [3.8, 4) is 34.1 Å². The number of hydrogen-bond donors (Lipinski definition) is 0. The highest BCUT2D eigenvalue weighted by atomic mass is 16.5. The zero-order valence-electron chi connectivity index (χ0n) is 26.4. The van der Waals surface area contributed by atoms with E-state index in [1.54, 1.807) is 0 Å². The van der Waals surface area contributed by atoms with Crippen LogP contribution in [-0.4, -0.2) is 9.25 Å². The van der Waals surface area contributed by atoms with Crippen LogP contribution in [0.3, 0.4) is 0 Å². The summed E-state index contributed by atoms with van der Waals surface area (Å²) in [5, 5.41) is 7.53. The Morgan fingerprint density at radius 3 is 2.29 bits per heavy atom. The number of pyridine rings is 1. The van der Waals surface area contributed by atoms with Crippen LogP contribution in [-0.2, 0) is 5.66 Å². The van der Waals surface area contributed by atoms with Gasteiger partial charge in [-0.1, -0.05) is 65.3 Å². The van der Waals surface area contributed by atoms with Crippen LogP contribution in [0, 0.1) is 13.8 Å². The van der Waals surface area contributed by atoms with Gasteiger partial charge in [0, 0.05) is 23.8 Å². The molecule has 48 heavy (non-hydrogen) atoms. The first kappa shape index (κ1) is 25.0. The fourth-order valence-electron chi connectivity index (χ4n) is 9.48. The fourth-order valence-corrected chi connectivity index (χ4v) is 9.48. The van der Waals surface area contributed by atoms with Gasteiger partial charge in [-0.2, -0.15) is 9.13 Å². The summed E-state index contributed by atoms with van der Waals surface area (Å²) < 4.78 is 16.8. The molecular formula is C43H28N4O+2. The molecule has 0 saturated heterocycles. The maximum Gasteiger partial charge on any atom is 0.397 e. The van der Waals surface area contributed by atoms with E-state index in [0.29, 0.717) is 0 Å². The summed E-state index contributed by atoms with van der Waals surface area (Å²) in [5.41, 5.74) is 10.1. The van der Waals surface area contributed by atoms with Crippen LogP contribution in [0.15, 0.2) is 134 Å². The monoisotopic (exact) mass is 616 g/mol. The minimum Gasteiger partial charge on any atom is -0.456 e. The van der Waals surface area contributed by atoms with E-state index in [1.165, 1.54) is 77.0 Å². The van der Waals surface area contributed by atoms with E-state index < -0.39 is 5.66 Å². The van der Waals surface area contributed by atoms with Crippen LogP contribution in [0.25, 0.3) is 66.0 Å². The third-order valence-corrected chi connectivity index (χ3v) is 11.2. The van der Waals surface area contributed by atoms with Crippen LogP contribution >= 0.6 is 0 Å². The molecule has 6 heterocycles. The summed E-state index contributed by atoms with van der Waals surface area (Å²) >= 11 is 0. The van der Waals surface area contributed by atoms with Gasteiger partial charge < -0.3 is 4.74 Å². The minimum atomic E-state index is -0.694. The molecule has 1 unspecified atom stereocenters. The van der Waals surface area contributed by atoms with Gasteiger partial charge in [0.05, 0.1) is 17.5 Å². The first-order valence-electron chi connectivity index (χ1n) is 16.6. The highest BCUT2D eigenvalue weighted by Crippen LogP contribution is 2.56. The van der Waals surface area contributed by atoms with Crippen molar-refractivity contribution in [2.75, 3.05) is 0 Å². The van der Waals surface area contributed by atoms with E-state index in [4.69, 9.17) is 4.74 Å². The molecule has 224 valence electrons. The molecule has 0 saturated carbocycles. The molecule has 1 spiro atoms. The fraction of sp³-hybridized carbons (Fsp3) is 0.0698. The Morgan fingerprint density at radius 2 is 1.40 bits per heavy atom. The van der Waals surface area contributed by atoms with Crippen LogP contribution in [0.1, 0.15) is 22.5 Å². The SMILES string of the molecule is Cc1c(-c2ccc3cc4ccccc4cc3c2)c(C)[n+]2n1-c1cccc3c1C21c2c(ccc4c5ccccc5n(c24)-c2cccc[n+]21)O3. The second-order valence-electron chi connectivity index (χ2n) is 13.5. The van der Waals surface area contributed by atoms with Crippen LogP contribution in [0.5, 0.6) is 11.5 Å². The van der Waals surface area contributed by atoms with Crippen molar-refractivity contribution in [1.82, 2.24) is 9.25 Å². The molecule has 1 atom stereocenters. The van der Waals surface area contributed by atoms with E-state index in [2.05, 4.69) is 166 Å². The van der Waals surface area contributed by atoms with Crippen molar-refractivity contribution in [2.45, 2.75) is 19.5 Å². The van der Waals surface area contributed by atoms with Gasteiger partial charge in [-0.05, 0) is 94.7 Å². The molecule has 5 nitrogen and oxygen atoms in total. The maximum atomic E-state index is 6.87. The topological polar surface area (TPSA) is 26.8 Å². The Morgan fingerprint density at radius 1 is 0.625 bits per heavy atom. The molecule has 5 heteroatoms. The number of aromatic nitrogens is 4. The van der Waals surface area contributed by atoms with Crippen molar-refractivity contribution < 1.29 is 14.0 Å². The van der Waals surface area contributed by atoms with Crippen LogP contribution in [0.4, 0.5) is 0 Å². The number of benzene rings is 6. The molecule has 9 aromatic rings. The zero-order valence-corrected chi connectivity index (χ0v) is 26.4. The first-order valence-corrected chi connectivity index (χ1v) is 16.6. The van der Waals surface area contributed by atoms with Gasteiger partial charge in [0.2, 0.25) is 5.69 Å². The van der Waals surface area contributed by atoms with E-state index in [9.17, 15) is 0 Å². The smallest absolute Gasteiger partial charge is 0.397 e. The number of ether oxygens (including phenoxy) is 1. The second-order valence-corrected chi connectivity index (χ2v) is 13.5. The highest BCUT2D eigenvalue weighted by molar-refractivity contribution is 6.11. The van der Waals surface area contributed by atoms with Crippen LogP contribution < -0.4 is 14.0 Å². The predicted molar refractivity (Wildman–Crippen MR) is 189 cm³/mol. The third kappa shape index (κ3) is 2.63. The van der Waals surface area contributed by atoms with E-state index in [-0.39, 0.29) is 0 Å². The predicted octanol–water partition coefficient (Wildman–Crippen LogP) is 8.77. The van der Waals surface area contributed by atoms with Gasteiger partial charge in [0.1, 0.15) is 28.3 Å². The van der Waals surface area contributed by atoms with E-state index in [0.717, 1.165) is 23.0 Å². The van der Waals surface area contributed by atoms with Crippen molar-refractivity contribution in [3.63, 3.8) is 0 Å². The van der Waals surface area contributed by atoms with E-state index in [1.807, 2.05) is 0 Å². The second kappa shape index (κ2) is 8.20. The summed E-state index contributed by atoms with van der Waals surface area (Å²) in [5.74, 6) is 2.94. The first-order chi connectivity index (χ1) is 23.6. The molecule has 0 bridgehead atoms. The molecule has 3 aliphatic heterocycles. The summed E-state index contributed by atoms with van der Waals surface area (Å²) in [6, 6.07) is 46.5. The Bertz CT molecular complexity index is 2960. The molecule has 0 N–H and O–H groups in total. The molecular weight excluding hydrogens is 589 g/mol. The number of fused-ring (bicyclic) bond motifs is 9. The van der Waals surface area contributed by atoms with Crippen molar-refractivity contribution in [3.05, 3.63) is 156 Å². The molecule has 12 rings (SSSR count). The van der Waals surface area contributed by atoms with Crippen molar-refractivity contribution in [1.29, 1.82) is 0 Å². The lowest BCUT2D eigenvalue weighted by Gasteiger charge is -2.33. The lowest BCUT2D eigenvalue weighted by Crippen LogP contribution is -2.77. The lowest BCUT2D eigenvalue weighted by molar-refractivity contribution is -0.995. The van der Waals surface area contributed by atoms with Crippen LogP contribution in [0.2, 0.25) is 0 Å². The molecule has 0 amide bonds. The van der Waals surface area contributed by atoms with E-state index >= 15 is 0 Å². The molecule has 0 aliphatic carbocycles. The number of hydrogen-bond acceptors (Lipinski definition) is 1. The minimum absolute atomic E-state index is 0.694. The third-order valence-electron chi connectivity index (χ3n) is 11.2. The molecule has 0 radical (unpaired) electrons. The van der Waals surface area contributed by atoms with Gasteiger partial charge in [0.25, 0.3) is 5.82 Å². The Hall–Kier alpha value is -6.20. The Balaban J connectivity index is 1.25. The van der Waals surface area contributed by atoms with Gasteiger partial charge in [0.15, 0.2) is 11.1 Å². The Labute approximate surface area is 275 Å². The van der Waals surface area contributed by atoms with Gasteiger partial charge in [-0.25, -0.2) is 0 Å². The van der Waals surface area contributed by atoms with Gasteiger partial charge in [-0.15, -0.1) is 4.68 Å². The quantitative estimate of drug-likeness (QED) is 0.134. The van der Waals surface area contributed by atoms with Gasteiger partial charge in [-0.3, -0.25) is 0 Å². The highest BCUT2D eigenvalue weighted by Gasteiger charge is 2.69. The molecule has 0 fully saturated rings. The maximum absolute atomic E-state index is 6.87. The lowest BCUT2D eigenvalue weighted by atomic mass is 9.84. The molecule has 3 aliphatic rings. The number of para-hydroxylation sites is 1. The normalized spacial score (nSPS) is 16.4. The standard InChI is InChI=1S/C43H28N4O/c1-25-39(30-18-17-29-22-27-10-3-4-11-28(27)23-31(29)24-30)26(2)47-43-40-35(46(25)47)14-9-15-36(40)48-37-20-19-33-32-12-5-6-13-34(32)45(42(33)41(37)43)38-16-7-8-21-44(38)43/h3-24H,1-2H3/q+2. The summed E-state index contributed by atoms with van der Waals surface area (Å²) in [7, 11) is 0. The molecule has 3 aromatic heterocycles. The average molecular weight is 617 g/mol. The zero-order chi connectivity index (χ0) is 31.5. The summed E-state index contributed by atoms with van der Waals surface area (Å²) in [4.78, 5) is 0. The number of rotatable bonds is 1. The Kier molecular flexibility index (Phi) is 4.26. The summed E-state index contributed by atoms with van der Waals surface area (Å²) in [6.07, 6.45) is 2.26.